The number of hydrogen-bond donors (Lipinski definition) is 0. The van der Waals surface area contributed by atoms with Gasteiger partial charge in [0.1, 0.15) is 11.9 Å². The van der Waals surface area contributed by atoms with Gasteiger partial charge >= 0.3 is 6.16 Å². The second-order valence-electron chi connectivity index (χ2n) is 11.0. The maximum absolute atomic E-state index is 12.5. The fourth-order valence-electron chi connectivity index (χ4n) is 7.91. The Labute approximate surface area is 192 Å². The summed E-state index contributed by atoms with van der Waals surface area (Å²) < 4.78 is 17.4. The van der Waals surface area contributed by atoms with E-state index in [2.05, 4.69) is 26.8 Å². The number of benzene rings is 1. The third kappa shape index (κ3) is 3.69. The molecule has 4 aliphatic rings. The maximum atomic E-state index is 12.5. The van der Waals surface area contributed by atoms with E-state index in [4.69, 9.17) is 14.2 Å². The molecule has 1 aromatic rings. The highest BCUT2D eigenvalue weighted by molar-refractivity contribution is 5.64. The van der Waals surface area contributed by atoms with E-state index in [-0.39, 0.29) is 11.5 Å². The highest BCUT2D eigenvalue weighted by Gasteiger charge is 2.60. The molecule has 4 nitrogen and oxygen atoms in total. The van der Waals surface area contributed by atoms with Gasteiger partial charge in [0, 0.05) is 12.0 Å². The van der Waals surface area contributed by atoms with Crippen LogP contribution in [0.4, 0.5) is 4.79 Å². The van der Waals surface area contributed by atoms with Gasteiger partial charge in [0.2, 0.25) is 0 Å². The lowest BCUT2D eigenvalue weighted by atomic mass is 9.47. The number of rotatable bonds is 4. The SMILES string of the molecule is CCO[C@@H]1C=C2CC[C@H]3[C@@H]4CC[C@H](OC(=O)Oc5ccccc5)[C@@]4(C)CC[C@@H]3[C@@]2(C)CC1. The molecule has 32 heavy (non-hydrogen) atoms. The van der Waals surface area contributed by atoms with Gasteiger partial charge in [0.05, 0.1) is 6.10 Å². The molecule has 4 heteroatoms. The Morgan fingerprint density at radius 1 is 1.00 bits per heavy atom. The summed E-state index contributed by atoms with van der Waals surface area (Å²) in [5.74, 6) is 2.67. The summed E-state index contributed by atoms with van der Waals surface area (Å²) in [5.41, 5.74) is 2.05. The number of carbonyl (C=O) groups excluding carboxylic acids is 1. The highest BCUT2D eigenvalue weighted by atomic mass is 16.7. The number of allylic oxidation sites excluding steroid dienone is 1. The maximum Gasteiger partial charge on any atom is 0.514 e. The summed E-state index contributed by atoms with van der Waals surface area (Å²) in [4.78, 5) is 12.5. The molecule has 1 aromatic carbocycles. The van der Waals surface area contributed by atoms with Crippen molar-refractivity contribution < 1.29 is 19.0 Å². The van der Waals surface area contributed by atoms with Crippen LogP contribution < -0.4 is 4.74 Å². The second kappa shape index (κ2) is 8.52. The molecule has 0 unspecified atom stereocenters. The van der Waals surface area contributed by atoms with E-state index in [0.29, 0.717) is 23.2 Å². The van der Waals surface area contributed by atoms with Crippen molar-refractivity contribution in [3.8, 4) is 5.75 Å². The van der Waals surface area contributed by atoms with Crippen LogP contribution in [-0.2, 0) is 9.47 Å². The van der Waals surface area contributed by atoms with Crippen molar-refractivity contribution in [2.24, 2.45) is 28.6 Å². The van der Waals surface area contributed by atoms with Gasteiger partial charge < -0.3 is 14.2 Å². The van der Waals surface area contributed by atoms with Gasteiger partial charge in [-0.3, -0.25) is 0 Å². The summed E-state index contributed by atoms with van der Waals surface area (Å²) in [6.07, 6.45) is 11.6. The van der Waals surface area contributed by atoms with Crippen LogP contribution in [-0.4, -0.2) is 25.0 Å². The van der Waals surface area contributed by atoms with Crippen LogP contribution in [0.25, 0.3) is 0 Å². The van der Waals surface area contributed by atoms with Crippen LogP contribution in [0.15, 0.2) is 42.0 Å². The quantitative estimate of drug-likeness (QED) is 0.290. The smallest absolute Gasteiger partial charge is 0.430 e. The molecule has 3 saturated carbocycles. The number of fused-ring (bicyclic) bond motifs is 5. The third-order valence-corrected chi connectivity index (χ3v) is 9.55. The fraction of sp³-hybridized carbons (Fsp3) is 0.679. The molecule has 5 rings (SSSR count). The molecule has 7 atom stereocenters. The first-order valence-electron chi connectivity index (χ1n) is 12.7. The molecule has 0 saturated heterocycles. The van der Waals surface area contributed by atoms with Crippen molar-refractivity contribution in [3.63, 3.8) is 0 Å². The van der Waals surface area contributed by atoms with E-state index in [1.807, 2.05) is 18.2 Å². The van der Waals surface area contributed by atoms with E-state index < -0.39 is 6.16 Å². The lowest BCUT2D eigenvalue weighted by molar-refractivity contribution is -0.0849. The van der Waals surface area contributed by atoms with Crippen molar-refractivity contribution >= 4 is 6.16 Å². The molecule has 3 fully saturated rings. The molecule has 4 aliphatic carbocycles. The molecular weight excluding hydrogens is 400 g/mol. The van der Waals surface area contributed by atoms with Gasteiger partial charge in [-0.05, 0) is 93.6 Å². The summed E-state index contributed by atoms with van der Waals surface area (Å²) >= 11 is 0. The molecule has 0 aromatic heterocycles. The van der Waals surface area contributed by atoms with Gasteiger partial charge in [-0.25, -0.2) is 4.79 Å². The Kier molecular flexibility index (Phi) is 5.86. The fourth-order valence-corrected chi connectivity index (χ4v) is 7.91. The summed E-state index contributed by atoms with van der Waals surface area (Å²) in [6, 6.07) is 9.23. The van der Waals surface area contributed by atoms with Crippen molar-refractivity contribution in [2.45, 2.75) is 84.3 Å². The van der Waals surface area contributed by atoms with E-state index in [1.54, 1.807) is 17.7 Å². The largest absolute Gasteiger partial charge is 0.514 e. The monoisotopic (exact) mass is 438 g/mol. The van der Waals surface area contributed by atoms with Crippen molar-refractivity contribution in [2.75, 3.05) is 6.61 Å². The highest BCUT2D eigenvalue weighted by Crippen LogP contribution is 2.65. The average molecular weight is 439 g/mol. The Hall–Kier alpha value is -1.81. The standard InChI is InChI=1S/C28H38O4/c1-4-30-21-14-16-27(2)19(18-21)10-11-22-23-12-13-25(28(23,3)17-15-24(22)27)32-26(29)31-20-8-6-5-7-9-20/h5-9,18,21-25H,4,10-17H2,1-3H3/t21-,22-,23-,24-,25-,27-,28-/m0/s1. The van der Waals surface area contributed by atoms with Gasteiger partial charge in [-0.2, -0.15) is 0 Å². The molecule has 0 aliphatic heterocycles. The minimum Gasteiger partial charge on any atom is -0.430 e. The molecule has 0 radical (unpaired) electrons. The van der Waals surface area contributed by atoms with Gasteiger partial charge in [0.15, 0.2) is 0 Å². The zero-order valence-electron chi connectivity index (χ0n) is 19.8. The van der Waals surface area contributed by atoms with Gasteiger partial charge in [-0.1, -0.05) is 43.7 Å². The number of ether oxygens (including phenoxy) is 3. The van der Waals surface area contributed by atoms with Gasteiger partial charge in [0.25, 0.3) is 0 Å². The topological polar surface area (TPSA) is 44.8 Å². The normalized spacial score (nSPS) is 40.5. The minimum absolute atomic E-state index is 0.0388. The van der Waals surface area contributed by atoms with E-state index in [9.17, 15) is 4.79 Å². The van der Waals surface area contributed by atoms with E-state index in [1.165, 1.54) is 25.7 Å². The van der Waals surface area contributed by atoms with Crippen molar-refractivity contribution in [1.29, 1.82) is 0 Å². The van der Waals surface area contributed by atoms with Crippen LogP contribution >= 0.6 is 0 Å². The first kappa shape index (κ1) is 22.0. The summed E-state index contributed by atoms with van der Waals surface area (Å²) in [7, 11) is 0. The molecule has 0 spiro atoms. The molecular formula is C28H38O4. The lowest BCUT2D eigenvalue weighted by Crippen LogP contribution is -2.52. The van der Waals surface area contributed by atoms with Crippen LogP contribution in [0.2, 0.25) is 0 Å². The molecule has 0 heterocycles. The Morgan fingerprint density at radius 3 is 2.59 bits per heavy atom. The number of hydrogen-bond acceptors (Lipinski definition) is 4. The third-order valence-electron chi connectivity index (χ3n) is 9.55. The van der Waals surface area contributed by atoms with Crippen LogP contribution in [0.3, 0.4) is 0 Å². The molecule has 0 amide bonds. The first-order valence-corrected chi connectivity index (χ1v) is 12.7. The number of para-hydroxylation sites is 1. The zero-order valence-corrected chi connectivity index (χ0v) is 19.8. The predicted octanol–water partition coefficient (Wildman–Crippen LogP) is 6.94. The van der Waals surface area contributed by atoms with E-state index in [0.717, 1.165) is 44.1 Å². The van der Waals surface area contributed by atoms with Crippen molar-refractivity contribution in [1.82, 2.24) is 0 Å². The number of carbonyl (C=O) groups is 1. The summed E-state index contributed by atoms with van der Waals surface area (Å²) in [6.45, 7) is 7.80. The summed E-state index contributed by atoms with van der Waals surface area (Å²) in [5, 5.41) is 0. The van der Waals surface area contributed by atoms with Crippen LogP contribution in [0, 0.1) is 28.6 Å². The van der Waals surface area contributed by atoms with Crippen LogP contribution in [0.5, 0.6) is 5.75 Å². The zero-order chi connectivity index (χ0) is 22.3. The average Bonchev–Trinajstić information content (AvgIpc) is 3.11. The second-order valence-corrected chi connectivity index (χ2v) is 11.0. The molecule has 0 N–H and O–H groups in total. The lowest BCUT2D eigenvalue weighted by Gasteiger charge is -2.58. The Morgan fingerprint density at radius 2 is 1.81 bits per heavy atom. The molecule has 174 valence electrons. The van der Waals surface area contributed by atoms with Gasteiger partial charge in [-0.15, -0.1) is 0 Å². The minimum atomic E-state index is -0.555. The Balaban J connectivity index is 1.29. The van der Waals surface area contributed by atoms with Crippen LogP contribution in [0.1, 0.15) is 72.1 Å². The van der Waals surface area contributed by atoms with E-state index >= 15 is 0 Å². The molecule has 0 bridgehead atoms. The van der Waals surface area contributed by atoms with Crippen molar-refractivity contribution in [3.05, 3.63) is 42.0 Å². The first-order chi connectivity index (χ1) is 15.4. The Bertz CT molecular complexity index is 863. The predicted molar refractivity (Wildman–Crippen MR) is 124 cm³/mol.